The van der Waals surface area contributed by atoms with Crippen LogP contribution in [0, 0.1) is 11.6 Å². The van der Waals surface area contributed by atoms with E-state index in [1.165, 1.54) is 23.9 Å². The zero-order valence-electron chi connectivity index (χ0n) is 19.8. The first-order valence-electron chi connectivity index (χ1n) is 11.2. The molecule has 0 atom stereocenters. The number of nitrogens with zero attached hydrogens (tertiary/aromatic N) is 3. The number of sulfonamides is 1. The fourth-order valence-electron chi connectivity index (χ4n) is 3.98. The second-order valence-corrected chi connectivity index (χ2v) is 9.88. The van der Waals surface area contributed by atoms with Gasteiger partial charge in [0, 0.05) is 24.9 Å². The van der Waals surface area contributed by atoms with Crippen LogP contribution >= 0.6 is 0 Å². The van der Waals surface area contributed by atoms with Gasteiger partial charge in [0.15, 0.2) is 0 Å². The second kappa shape index (κ2) is 9.56. The Labute approximate surface area is 215 Å². The minimum Gasteiger partial charge on any atom is -0.372 e. The van der Waals surface area contributed by atoms with Gasteiger partial charge < -0.3 is 11.1 Å². The summed E-state index contributed by atoms with van der Waals surface area (Å²) in [7, 11) is -2.87. The third-order valence-corrected chi connectivity index (χ3v) is 7.18. The Morgan fingerprint density at radius 2 is 1.71 bits per heavy atom. The Bertz CT molecular complexity index is 1860. The van der Waals surface area contributed by atoms with Crippen LogP contribution in [0.2, 0.25) is 0 Å². The van der Waals surface area contributed by atoms with Crippen molar-refractivity contribution in [3.05, 3.63) is 101 Å². The minimum atomic E-state index is -4.35. The minimum absolute atomic E-state index is 0.00503. The summed E-state index contributed by atoms with van der Waals surface area (Å²) < 4.78 is 57.2. The van der Waals surface area contributed by atoms with E-state index in [9.17, 15) is 22.0 Å². The average Bonchev–Trinajstić information content (AvgIpc) is 2.90. The van der Waals surface area contributed by atoms with Crippen molar-refractivity contribution in [2.45, 2.75) is 4.90 Å². The number of hydrogen-bond donors (Lipinski definition) is 3. The molecule has 0 saturated heterocycles. The Balaban J connectivity index is 1.61. The van der Waals surface area contributed by atoms with Crippen molar-refractivity contribution in [1.82, 2.24) is 14.5 Å². The fraction of sp³-hybridized carbons (Fsp3) is 0.0385. The van der Waals surface area contributed by atoms with Crippen LogP contribution < -0.4 is 21.3 Å². The van der Waals surface area contributed by atoms with Gasteiger partial charge in [-0.15, -0.1) is 0 Å². The Morgan fingerprint density at radius 3 is 2.42 bits per heavy atom. The lowest BCUT2D eigenvalue weighted by Crippen LogP contribution is -2.23. The monoisotopic (exact) mass is 534 g/mol. The maximum atomic E-state index is 14.1. The lowest BCUT2D eigenvalue weighted by Gasteiger charge is -2.14. The number of aromatic nitrogens is 3. The lowest BCUT2D eigenvalue weighted by molar-refractivity contribution is 0.583. The number of para-hydroxylation sites is 1. The number of nitrogens with two attached hydrogens (primary N) is 1. The second-order valence-electron chi connectivity index (χ2n) is 8.23. The highest BCUT2D eigenvalue weighted by atomic mass is 32.2. The third-order valence-electron chi connectivity index (χ3n) is 5.80. The molecule has 38 heavy (non-hydrogen) atoms. The van der Waals surface area contributed by atoms with E-state index in [1.807, 2.05) is 6.07 Å². The van der Waals surface area contributed by atoms with E-state index in [4.69, 9.17) is 5.73 Å². The van der Waals surface area contributed by atoms with E-state index in [1.54, 1.807) is 42.5 Å². The van der Waals surface area contributed by atoms with E-state index < -0.39 is 32.9 Å². The number of anilines is 3. The van der Waals surface area contributed by atoms with Gasteiger partial charge in [-0.1, -0.05) is 24.3 Å². The number of pyridine rings is 1. The highest BCUT2D eigenvalue weighted by Crippen LogP contribution is 2.30. The standard InChI is InChI=1S/C26H20F2N6O3S/c1-30-24-23(38(36,37)33-22-10-8-17(27)13-20(22)28)12-16(14-31-24)15-7-9-21-19(11-15)25(35)34(26(29)32-21)18-5-3-2-4-6-18/h2-14,33H,1H3,(H2,29,32)(H,30,31). The molecule has 3 aromatic carbocycles. The van der Waals surface area contributed by atoms with Gasteiger partial charge >= 0.3 is 0 Å². The van der Waals surface area contributed by atoms with Crippen LogP contribution in [0.15, 0.2) is 88.7 Å². The van der Waals surface area contributed by atoms with Crippen molar-refractivity contribution in [2.75, 3.05) is 22.8 Å². The van der Waals surface area contributed by atoms with E-state index in [0.717, 1.165) is 12.1 Å². The molecule has 0 amide bonds. The molecule has 2 heterocycles. The van der Waals surface area contributed by atoms with Crippen molar-refractivity contribution in [1.29, 1.82) is 0 Å². The van der Waals surface area contributed by atoms with Crippen LogP contribution in [0.5, 0.6) is 0 Å². The Kier molecular flexibility index (Phi) is 6.25. The molecule has 5 aromatic rings. The highest BCUT2D eigenvalue weighted by molar-refractivity contribution is 7.92. The van der Waals surface area contributed by atoms with Gasteiger partial charge in [0.2, 0.25) is 5.95 Å². The average molecular weight is 535 g/mol. The quantitative estimate of drug-likeness (QED) is 0.298. The van der Waals surface area contributed by atoms with Crippen LogP contribution in [0.4, 0.5) is 26.2 Å². The maximum absolute atomic E-state index is 14.1. The SMILES string of the molecule is CNc1ncc(-c2ccc3nc(N)n(-c4ccccc4)c(=O)c3c2)cc1S(=O)(=O)Nc1ccc(F)cc1F. The van der Waals surface area contributed by atoms with Gasteiger partial charge in [0.25, 0.3) is 15.6 Å². The van der Waals surface area contributed by atoms with Crippen LogP contribution in [-0.4, -0.2) is 30.0 Å². The maximum Gasteiger partial charge on any atom is 0.267 e. The number of benzene rings is 3. The molecule has 0 saturated carbocycles. The van der Waals surface area contributed by atoms with E-state index in [-0.39, 0.29) is 22.0 Å². The van der Waals surface area contributed by atoms with E-state index in [2.05, 4.69) is 20.0 Å². The summed E-state index contributed by atoms with van der Waals surface area (Å²) in [6, 6.07) is 17.5. The zero-order chi connectivity index (χ0) is 27.0. The number of rotatable bonds is 6. The number of halogens is 2. The van der Waals surface area contributed by atoms with Crippen molar-refractivity contribution in [3.63, 3.8) is 0 Å². The van der Waals surface area contributed by atoms with Gasteiger partial charge in [-0.2, -0.15) is 0 Å². The number of fused-ring (bicyclic) bond motifs is 1. The summed E-state index contributed by atoms with van der Waals surface area (Å²) in [6.07, 6.45) is 1.44. The summed E-state index contributed by atoms with van der Waals surface area (Å²) in [4.78, 5) is 21.6. The van der Waals surface area contributed by atoms with Gasteiger partial charge in [-0.3, -0.25) is 9.52 Å². The summed E-state index contributed by atoms with van der Waals surface area (Å²) in [5.74, 6) is -1.89. The normalized spacial score (nSPS) is 11.4. The smallest absolute Gasteiger partial charge is 0.267 e. The first-order valence-corrected chi connectivity index (χ1v) is 12.7. The molecule has 0 fully saturated rings. The number of nitrogen functional groups attached to an aromatic ring is 1. The molecule has 5 rings (SSSR count). The van der Waals surface area contributed by atoms with Crippen LogP contribution in [0.3, 0.4) is 0 Å². The Hall–Kier alpha value is -4.84. The molecule has 4 N–H and O–H groups in total. The van der Waals surface area contributed by atoms with Crippen molar-refractivity contribution in [2.24, 2.45) is 0 Å². The fourth-order valence-corrected chi connectivity index (χ4v) is 5.23. The molecule has 9 nitrogen and oxygen atoms in total. The van der Waals surface area contributed by atoms with Crippen molar-refractivity contribution < 1.29 is 17.2 Å². The summed E-state index contributed by atoms with van der Waals surface area (Å²) >= 11 is 0. The molecule has 0 spiro atoms. The molecule has 12 heteroatoms. The molecule has 192 valence electrons. The summed E-state index contributed by atoms with van der Waals surface area (Å²) in [5, 5.41) is 2.96. The van der Waals surface area contributed by atoms with Crippen molar-refractivity contribution in [3.8, 4) is 16.8 Å². The van der Waals surface area contributed by atoms with E-state index in [0.29, 0.717) is 28.4 Å². The van der Waals surface area contributed by atoms with Crippen LogP contribution in [-0.2, 0) is 10.0 Å². The molecule has 0 bridgehead atoms. The molecule has 0 radical (unpaired) electrons. The topological polar surface area (TPSA) is 132 Å². The molecule has 0 aliphatic heterocycles. The van der Waals surface area contributed by atoms with E-state index >= 15 is 0 Å². The van der Waals surface area contributed by atoms with Crippen molar-refractivity contribution >= 4 is 38.4 Å². The van der Waals surface area contributed by atoms with Crippen LogP contribution in [0.1, 0.15) is 0 Å². The predicted octanol–water partition coefficient (Wildman–Crippen LogP) is 4.15. The van der Waals surface area contributed by atoms with Gasteiger partial charge in [0.05, 0.1) is 22.3 Å². The number of nitrogens with one attached hydrogen (secondary N) is 2. The highest BCUT2D eigenvalue weighted by Gasteiger charge is 2.23. The predicted molar refractivity (Wildman–Crippen MR) is 142 cm³/mol. The first kappa shape index (κ1) is 24.8. The van der Waals surface area contributed by atoms with Crippen LogP contribution in [0.25, 0.3) is 27.7 Å². The third kappa shape index (κ3) is 4.52. The van der Waals surface area contributed by atoms with Gasteiger partial charge in [-0.25, -0.2) is 31.7 Å². The summed E-state index contributed by atoms with van der Waals surface area (Å²) in [5.41, 5.74) is 7.01. The van der Waals surface area contributed by atoms with Gasteiger partial charge in [0.1, 0.15) is 22.3 Å². The lowest BCUT2D eigenvalue weighted by atomic mass is 10.1. The molecule has 0 aliphatic carbocycles. The molecule has 2 aromatic heterocycles. The molecule has 0 aliphatic rings. The molecular weight excluding hydrogens is 514 g/mol. The zero-order valence-corrected chi connectivity index (χ0v) is 20.6. The molecular formula is C26H20F2N6O3S. The largest absolute Gasteiger partial charge is 0.372 e. The molecule has 0 unspecified atom stereocenters. The number of hydrogen-bond acceptors (Lipinski definition) is 7. The summed E-state index contributed by atoms with van der Waals surface area (Å²) in [6.45, 7) is 0. The van der Waals surface area contributed by atoms with Gasteiger partial charge in [-0.05, 0) is 48.0 Å². The first-order chi connectivity index (χ1) is 18.2. The Morgan fingerprint density at radius 1 is 0.947 bits per heavy atom.